The number of ether oxygens (including phenoxy) is 1. The summed E-state index contributed by atoms with van der Waals surface area (Å²) in [5, 5.41) is 0. The summed E-state index contributed by atoms with van der Waals surface area (Å²) in [4.78, 5) is 23.9. The van der Waals surface area contributed by atoms with Gasteiger partial charge in [-0.05, 0) is 61.2 Å². The molecule has 3 saturated carbocycles. The van der Waals surface area contributed by atoms with E-state index in [1.807, 2.05) is 0 Å². The van der Waals surface area contributed by atoms with Gasteiger partial charge in [0, 0.05) is 0 Å². The van der Waals surface area contributed by atoms with Crippen LogP contribution in [0.3, 0.4) is 0 Å². The lowest BCUT2D eigenvalue weighted by Gasteiger charge is -2.25. The molecule has 4 fully saturated rings. The van der Waals surface area contributed by atoms with E-state index in [2.05, 4.69) is 0 Å². The van der Waals surface area contributed by atoms with Gasteiger partial charge in [0.25, 0.3) is 0 Å². The predicted molar refractivity (Wildman–Crippen MR) is 64.5 cm³/mol. The summed E-state index contributed by atoms with van der Waals surface area (Å²) in [5.74, 6) is 3.47. The summed E-state index contributed by atoms with van der Waals surface area (Å²) in [6, 6.07) is 0. The van der Waals surface area contributed by atoms with Crippen molar-refractivity contribution in [2.45, 2.75) is 25.7 Å². The fourth-order valence-electron chi connectivity index (χ4n) is 7.04. The van der Waals surface area contributed by atoms with Crippen LogP contribution < -0.4 is 0 Å². The molecule has 3 heteroatoms. The molecule has 1 saturated heterocycles. The number of hydrogen-bond acceptors (Lipinski definition) is 3. The maximum atomic E-state index is 12.0. The third kappa shape index (κ3) is 0.836. The van der Waals surface area contributed by atoms with E-state index in [9.17, 15) is 9.59 Å². The van der Waals surface area contributed by atoms with Crippen LogP contribution in [0.15, 0.2) is 11.1 Å². The largest absolute Gasteiger partial charge is 0.393 e. The first-order chi connectivity index (χ1) is 9.24. The first-order valence-electron chi connectivity index (χ1n) is 7.73. The first kappa shape index (κ1) is 9.73. The Kier molecular flexibility index (Phi) is 1.37. The van der Waals surface area contributed by atoms with Crippen molar-refractivity contribution in [1.29, 1.82) is 0 Å². The van der Waals surface area contributed by atoms with Gasteiger partial charge in [-0.2, -0.15) is 0 Å². The Balaban J connectivity index is 1.54. The standard InChI is InChI=1S/C16H16O3/c17-15-13-9-4-10(14(13)16(18)19-15)12-8-3-5-1-6(8)7(2-5)11(9)12/h5-10,13-14H,1-4H2/t5?,6?,7-,8-,9+,10+,13-,14+/m1/s1. The second-order valence-corrected chi connectivity index (χ2v) is 7.60. The van der Waals surface area contributed by atoms with Gasteiger partial charge in [0.2, 0.25) is 0 Å². The van der Waals surface area contributed by atoms with Crippen molar-refractivity contribution in [3.05, 3.63) is 11.1 Å². The molecule has 5 aliphatic carbocycles. The van der Waals surface area contributed by atoms with Gasteiger partial charge >= 0.3 is 11.9 Å². The fraction of sp³-hybridized carbons (Fsp3) is 0.750. The van der Waals surface area contributed by atoms with Crippen LogP contribution in [-0.4, -0.2) is 11.9 Å². The average molecular weight is 256 g/mol. The van der Waals surface area contributed by atoms with Crippen molar-refractivity contribution >= 4 is 11.9 Å². The van der Waals surface area contributed by atoms with E-state index in [0.717, 1.165) is 30.1 Å². The molecule has 0 radical (unpaired) electrons. The summed E-state index contributed by atoms with van der Waals surface area (Å²) >= 11 is 0. The molecule has 8 atom stereocenters. The molecule has 2 unspecified atom stereocenters. The van der Waals surface area contributed by atoms with Crippen LogP contribution in [-0.2, 0) is 14.3 Å². The predicted octanol–water partition coefficient (Wildman–Crippen LogP) is 1.92. The highest BCUT2D eigenvalue weighted by Crippen LogP contribution is 2.72. The molecule has 0 aromatic rings. The van der Waals surface area contributed by atoms with Crippen molar-refractivity contribution < 1.29 is 14.3 Å². The minimum Gasteiger partial charge on any atom is -0.393 e. The topological polar surface area (TPSA) is 43.4 Å². The van der Waals surface area contributed by atoms with Crippen LogP contribution >= 0.6 is 0 Å². The number of fused-ring (bicyclic) bond motifs is 10. The molecule has 0 aromatic carbocycles. The Morgan fingerprint density at radius 3 is 1.84 bits per heavy atom. The van der Waals surface area contributed by atoms with Gasteiger partial charge in [0.05, 0.1) is 11.8 Å². The van der Waals surface area contributed by atoms with E-state index in [0.29, 0.717) is 11.8 Å². The molecule has 6 aliphatic rings. The number of allylic oxidation sites excluding steroid dienone is 2. The van der Waals surface area contributed by atoms with E-state index in [-0.39, 0.29) is 23.8 Å². The third-order valence-electron chi connectivity index (χ3n) is 7.25. The van der Waals surface area contributed by atoms with Crippen LogP contribution in [0, 0.1) is 47.3 Å². The van der Waals surface area contributed by atoms with Gasteiger partial charge in [-0.15, -0.1) is 0 Å². The number of carbonyl (C=O) groups is 2. The van der Waals surface area contributed by atoms with Crippen molar-refractivity contribution in [3.8, 4) is 0 Å². The molecular formula is C16H16O3. The molecule has 1 aliphatic heterocycles. The molecule has 0 N–H and O–H groups in total. The normalized spacial score (nSPS) is 59.2. The molecule has 19 heavy (non-hydrogen) atoms. The van der Waals surface area contributed by atoms with Gasteiger partial charge < -0.3 is 4.74 Å². The highest BCUT2D eigenvalue weighted by Gasteiger charge is 2.69. The summed E-state index contributed by atoms with van der Waals surface area (Å²) in [6.45, 7) is 0. The number of carbonyl (C=O) groups excluding carboxylic acids is 2. The summed E-state index contributed by atoms with van der Waals surface area (Å²) in [6.07, 6.45) is 5.22. The monoisotopic (exact) mass is 256 g/mol. The summed E-state index contributed by atoms with van der Waals surface area (Å²) in [5.41, 5.74) is 3.29. The van der Waals surface area contributed by atoms with Crippen LogP contribution in [0.4, 0.5) is 0 Å². The summed E-state index contributed by atoms with van der Waals surface area (Å²) < 4.78 is 4.93. The molecule has 0 amide bonds. The van der Waals surface area contributed by atoms with E-state index in [1.165, 1.54) is 19.3 Å². The van der Waals surface area contributed by atoms with Gasteiger partial charge in [0.15, 0.2) is 0 Å². The fourth-order valence-corrected chi connectivity index (χ4v) is 7.04. The Hall–Kier alpha value is -1.12. The second-order valence-electron chi connectivity index (χ2n) is 7.60. The zero-order valence-electron chi connectivity index (χ0n) is 10.7. The minimum atomic E-state index is -0.220. The van der Waals surface area contributed by atoms with Gasteiger partial charge in [-0.25, -0.2) is 0 Å². The number of esters is 2. The lowest BCUT2D eigenvalue weighted by Crippen LogP contribution is -2.27. The number of hydrogen-bond donors (Lipinski definition) is 0. The maximum Gasteiger partial charge on any atom is 0.318 e. The average Bonchev–Trinajstić information content (AvgIpc) is 3.10. The smallest absolute Gasteiger partial charge is 0.318 e. The van der Waals surface area contributed by atoms with Crippen molar-refractivity contribution in [2.75, 3.05) is 0 Å². The Bertz CT molecular complexity index is 543. The van der Waals surface area contributed by atoms with Crippen molar-refractivity contribution in [2.24, 2.45) is 47.3 Å². The molecule has 4 bridgehead atoms. The zero-order valence-corrected chi connectivity index (χ0v) is 10.7. The van der Waals surface area contributed by atoms with Gasteiger partial charge in [-0.3, -0.25) is 9.59 Å². The third-order valence-corrected chi connectivity index (χ3v) is 7.25. The van der Waals surface area contributed by atoms with Crippen LogP contribution in [0.1, 0.15) is 25.7 Å². The first-order valence-corrected chi connectivity index (χ1v) is 7.73. The number of rotatable bonds is 0. The van der Waals surface area contributed by atoms with Crippen molar-refractivity contribution in [3.63, 3.8) is 0 Å². The van der Waals surface area contributed by atoms with E-state index in [4.69, 9.17) is 4.74 Å². The Morgan fingerprint density at radius 2 is 1.32 bits per heavy atom. The minimum absolute atomic E-state index is 0.104. The lowest BCUT2D eigenvalue weighted by molar-refractivity contribution is -0.154. The number of cyclic esters (lactones) is 2. The highest BCUT2D eigenvalue weighted by atomic mass is 16.6. The lowest BCUT2D eigenvalue weighted by atomic mass is 9.76. The SMILES string of the molecule is O=C1OC(=O)[C@H]2[C@@H]1[C@H]1C[C@H]2C2=C1[C@@H]1CC3CC1[C@H]2C3. The van der Waals surface area contributed by atoms with E-state index >= 15 is 0 Å². The molecular weight excluding hydrogens is 240 g/mol. The zero-order chi connectivity index (χ0) is 12.5. The highest BCUT2D eigenvalue weighted by molar-refractivity contribution is 5.98. The van der Waals surface area contributed by atoms with Crippen LogP contribution in [0.5, 0.6) is 0 Å². The molecule has 3 nitrogen and oxygen atoms in total. The van der Waals surface area contributed by atoms with E-state index < -0.39 is 0 Å². The van der Waals surface area contributed by atoms with Gasteiger partial charge in [0.1, 0.15) is 0 Å². The van der Waals surface area contributed by atoms with Crippen molar-refractivity contribution in [1.82, 2.24) is 0 Å². The van der Waals surface area contributed by atoms with Crippen LogP contribution in [0.2, 0.25) is 0 Å². The molecule has 1 heterocycles. The molecule has 6 rings (SSSR count). The maximum absolute atomic E-state index is 12.0. The quantitative estimate of drug-likeness (QED) is 0.378. The van der Waals surface area contributed by atoms with Gasteiger partial charge in [-0.1, -0.05) is 11.1 Å². The molecule has 0 aromatic heterocycles. The van der Waals surface area contributed by atoms with Crippen LogP contribution in [0.25, 0.3) is 0 Å². The Morgan fingerprint density at radius 1 is 0.737 bits per heavy atom. The molecule has 0 spiro atoms. The summed E-state index contributed by atoms with van der Waals surface area (Å²) in [7, 11) is 0. The second kappa shape index (κ2) is 2.68. The Labute approximate surface area is 111 Å². The molecule has 98 valence electrons. The van der Waals surface area contributed by atoms with E-state index in [1.54, 1.807) is 11.1 Å².